The van der Waals surface area contributed by atoms with Gasteiger partial charge in [-0.3, -0.25) is 0 Å². The number of hydrogen-bond donors (Lipinski definition) is 1. The Morgan fingerprint density at radius 1 is 1.77 bits per heavy atom. The standard InChI is InChI=1S/C8H11N3O2/c1-6-7(10-5-13-6)4-11-3-2-9-8(11)12/h5H,2-4H2,1H3,(H,9,12). The molecule has 1 aliphatic rings. The minimum absolute atomic E-state index is 0.0256. The van der Waals surface area contributed by atoms with Crippen molar-refractivity contribution in [2.45, 2.75) is 13.5 Å². The summed E-state index contributed by atoms with van der Waals surface area (Å²) < 4.78 is 5.04. The van der Waals surface area contributed by atoms with Crippen LogP contribution in [-0.4, -0.2) is 29.0 Å². The lowest BCUT2D eigenvalue weighted by Gasteiger charge is -2.11. The third kappa shape index (κ3) is 1.49. The van der Waals surface area contributed by atoms with Gasteiger partial charge in [-0.05, 0) is 6.92 Å². The third-order valence-corrected chi connectivity index (χ3v) is 2.13. The van der Waals surface area contributed by atoms with Gasteiger partial charge in [-0.2, -0.15) is 0 Å². The predicted molar refractivity (Wildman–Crippen MR) is 45.0 cm³/mol. The molecule has 0 radical (unpaired) electrons. The van der Waals surface area contributed by atoms with Crippen LogP contribution in [0.2, 0.25) is 0 Å². The van der Waals surface area contributed by atoms with E-state index in [4.69, 9.17) is 4.42 Å². The van der Waals surface area contributed by atoms with Crippen LogP contribution in [-0.2, 0) is 6.54 Å². The summed E-state index contributed by atoms with van der Waals surface area (Å²) >= 11 is 0. The number of rotatable bonds is 2. The van der Waals surface area contributed by atoms with Crippen LogP contribution in [0.3, 0.4) is 0 Å². The predicted octanol–water partition coefficient (Wildman–Crippen LogP) is 0.508. The first kappa shape index (κ1) is 8.10. The summed E-state index contributed by atoms with van der Waals surface area (Å²) in [5, 5.41) is 2.73. The molecule has 1 aromatic rings. The van der Waals surface area contributed by atoms with Crippen molar-refractivity contribution < 1.29 is 9.21 Å². The van der Waals surface area contributed by atoms with E-state index in [1.807, 2.05) is 6.92 Å². The van der Waals surface area contributed by atoms with Crippen LogP contribution in [0.5, 0.6) is 0 Å². The van der Waals surface area contributed by atoms with Crippen molar-refractivity contribution in [3.63, 3.8) is 0 Å². The van der Waals surface area contributed by atoms with E-state index in [1.165, 1.54) is 6.39 Å². The second-order valence-corrected chi connectivity index (χ2v) is 3.01. The van der Waals surface area contributed by atoms with Gasteiger partial charge in [-0.25, -0.2) is 9.78 Å². The topological polar surface area (TPSA) is 58.4 Å². The molecule has 5 heteroatoms. The maximum absolute atomic E-state index is 11.2. The van der Waals surface area contributed by atoms with E-state index >= 15 is 0 Å². The fourth-order valence-electron chi connectivity index (χ4n) is 1.32. The lowest BCUT2D eigenvalue weighted by molar-refractivity contribution is 0.215. The molecule has 2 heterocycles. The Bertz CT molecular complexity index is 321. The molecule has 0 spiro atoms. The quantitative estimate of drug-likeness (QED) is 0.723. The third-order valence-electron chi connectivity index (χ3n) is 2.13. The van der Waals surface area contributed by atoms with Crippen LogP contribution >= 0.6 is 0 Å². The van der Waals surface area contributed by atoms with Crippen LogP contribution in [0.25, 0.3) is 0 Å². The maximum Gasteiger partial charge on any atom is 0.317 e. The highest BCUT2D eigenvalue weighted by Crippen LogP contribution is 2.09. The number of aryl methyl sites for hydroxylation is 1. The number of hydrogen-bond acceptors (Lipinski definition) is 3. The zero-order valence-corrected chi connectivity index (χ0v) is 7.41. The van der Waals surface area contributed by atoms with Gasteiger partial charge in [-0.15, -0.1) is 0 Å². The normalized spacial score (nSPS) is 16.4. The molecule has 1 aliphatic heterocycles. The highest BCUT2D eigenvalue weighted by atomic mass is 16.3. The van der Waals surface area contributed by atoms with Crippen molar-refractivity contribution >= 4 is 6.03 Å². The molecule has 0 unspecified atom stereocenters. The Kier molecular flexibility index (Phi) is 1.92. The highest BCUT2D eigenvalue weighted by Gasteiger charge is 2.21. The van der Waals surface area contributed by atoms with E-state index in [0.717, 1.165) is 24.5 Å². The van der Waals surface area contributed by atoms with Crippen LogP contribution in [0.15, 0.2) is 10.8 Å². The first-order chi connectivity index (χ1) is 6.27. The lowest BCUT2D eigenvalue weighted by atomic mass is 10.3. The van der Waals surface area contributed by atoms with Crippen molar-refractivity contribution in [2.24, 2.45) is 0 Å². The van der Waals surface area contributed by atoms with Crippen molar-refractivity contribution in [2.75, 3.05) is 13.1 Å². The number of carbonyl (C=O) groups excluding carboxylic acids is 1. The van der Waals surface area contributed by atoms with Crippen LogP contribution < -0.4 is 5.32 Å². The number of oxazole rings is 1. The molecular weight excluding hydrogens is 170 g/mol. The average Bonchev–Trinajstić information content (AvgIpc) is 2.65. The fraction of sp³-hybridized carbons (Fsp3) is 0.500. The van der Waals surface area contributed by atoms with E-state index in [9.17, 15) is 4.79 Å². The molecule has 0 atom stereocenters. The zero-order chi connectivity index (χ0) is 9.26. The zero-order valence-electron chi connectivity index (χ0n) is 7.41. The maximum atomic E-state index is 11.2. The van der Waals surface area contributed by atoms with Crippen molar-refractivity contribution in [1.82, 2.24) is 15.2 Å². The van der Waals surface area contributed by atoms with Gasteiger partial charge in [0, 0.05) is 13.1 Å². The molecule has 1 fully saturated rings. The number of carbonyl (C=O) groups is 1. The molecule has 2 rings (SSSR count). The summed E-state index contributed by atoms with van der Waals surface area (Å²) in [5.74, 6) is 0.778. The summed E-state index contributed by atoms with van der Waals surface area (Å²) in [6.07, 6.45) is 1.40. The van der Waals surface area contributed by atoms with Gasteiger partial charge in [-0.1, -0.05) is 0 Å². The summed E-state index contributed by atoms with van der Waals surface area (Å²) in [4.78, 5) is 16.9. The van der Waals surface area contributed by atoms with Crippen molar-refractivity contribution in [3.05, 3.63) is 17.8 Å². The van der Waals surface area contributed by atoms with Gasteiger partial charge in [0.05, 0.1) is 6.54 Å². The Balaban J connectivity index is 2.06. The number of amides is 2. The average molecular weight is 181 g/mol. The SMILES string of the molecule is Cc1ocnc1CN1CCNC1=O. The van der Waals surface area contributed by atoms with Gasteiger partial charge in [0.15, 0.2) is 6.39 Å². The molecule has 0 aliphatic carbocycles. The van der Waals surface area contributed by atoms with Gasteiger partial charge in [0.25, 0.3) is 0 Å². The highest BCUT2D eigenvalue weighted by molar-refractivity contribution is 5.76. The molecule has 0 saturated carbocycles. The monoisotopic (exact) mass is 181 g/mol. The summed E-state index contributed by atoms with van der Waals surface area (Å²) in [6.45, 7) is 3.84. The summed E-state index contributed by atoms with van der Waals surface area (Å²) in [7, 11) is 0. The molecule has 0 bridgehead atoms. The number of aromatic nitrogens is 1. The van der Waals surface area contributed by atoms with E-state index < -0.39 is 0 Å². The van der Waals surface area contributed by atoms with Crippen LogP contribution in [0.4, 0.5) is 4.79 Å². The Morgan fingerprint density at radius 2 is 2.62 bits per heavy atom. The van der Waals surface area contributed by atoms with E-state index in [1.54, 1.807) is 4.90 Å². The number of nitrogens with one attached hydrogen (secondary N) is 1. The van der Waals surface area contributed by atoms with Gasteiger partial charge >= 0.3 is 6.03 Å². The molecule has 70 valence electrons. The molecule has 2 amide bonds. The minimum atomic E-state index is -0.0256. The molecule has 1 aromatic heterocycles. The minimum Gasteiger partial charge on any atom is -0.448 e. The van der Waals surface area contributed by atoms with Crippen LogP contribution in [0, 0.1) is 6.92 Å². The Morgan fingerprint density at radius 3 is 3.15 bits per heavy atom. The number of nitrogens with zero attached hydrogens (tertiary/aromatic N) is 2. The summed E-state index contributed by atoms with van der Waals surface area (Å²) in [5.41, 5.74) is 0.831. The number of urea groups is 1. The van der Waals surface area contributed by atoms with Gasteiger partial charge in [0.2, 0.25) is 0 Å². The largest absolute Gasteiger partial charge is 0.448 e. The van der Waals surface area contributed by atoms with E-state index in [-0.39, 0.29) is 6.03 Å². The molecule has 13 heavy (non-hydrogen) atoms. The van der Waals surface area contributed by atoms with E-state index in [2.05, 4.69) is 10.3 Å². The van der Waals surface area contributed by atoms with Crippen molar-refractivity contribution in [3.8, 4) is 0 Å². The van der Waals surface area contributed by atoms with Gasteiger partial charge < -0.3 is 14.6 Å². The Hall–Kier alpha value is -1.52. The lowest BCUT2D eigenvalue weighted by Crippen LogP contribution is -2.27. The fourth-order valence-corrected chi connectivity index (χ4v) is 1.32. The second-order valence-electron chi connectivity index (χ2n) is 3.01. The molecule has 1 N–H and O–H groups in total. The summed E-state index contributed by atoms with van der Waals surface area (Å²) in [6, 6.07) is -0.0256. The Labute approximate surface area is 75.7 Å². The molecule has 1 saturated heterocycles. The molecule has 0 aromatic carbocycles. The van der Waals surface area contributed by atoms with E-state index in [0.29, 0.717) is 6.54 Å². The smallest absolute Gasteiger partial charge is 0.317 e. The molecular formula is C8H11N3O2. The van der Waals surface area contributed by atoms with Gasteiger partial charge in [0.1, 0.15) is 11.5 Å². The first-order valence-corrected chi connectivity index (χ1v) is 4.19. The van der Waals surface area contributed by atoms with Crippen LogP contribution in [0.1, 0.15) is 11.5 Å². The first-order valence-electron chi connectivity index (χ1n) is 4.19. The van der Waals surface area contributed by atoms with Crippen molar-refractivity contribution in [1.29, 1.82) is 0 Å². The second kappa shape index (κ2) is 3.08. The molecule has 5 nitrogen and oxygen atoms in total.